The number of nitro benzene ring substituents is 1. The van der Waals surface area contributed by atoms with E-state index in [0.717, 1.165) is 50.1 Å². The zero-order valence-electron chi connectivity index (χ0n) is 23.1. The molecule has 1 amide bonds. The predicted octanol–water partition coefficient (Wildman–Crippen LogP) is 3.88. The molecule has 9 nitrogen and oxygen atoms in total. The van der Waals surface area contributed by atoms with Gasteiger partial charge in [-0.25, -0.2) is 0 Å². The number of carbonyl (C=O) groups excluding carboxylic acids is 1. The van der Waals surface area contributed by atoms with Gasteiger partial charge in [-0.05, 0) is 69.5 Å². The number of piperidine rings is 1. The summed E-state index contributed by atoms with van der Waals surface area (Å²) in [5, 5.41) is 14.5. The van der Waals surface area contributed by atoms with Gasteiger partial charge in [-0.2, -0.15) is 0 Å². The SMILES string of the molecule is COc1ccc2c3c1OC1C4(OC)CCC5(CC4CNC(=O)C=Cc4ccccc4[N+](=O)[O-])C(C2)N(C)CCC315. The topological polar surface area (TPSA) is 103 Å². The van der Waals surface area contributed by atoms with Gasteiger partial charge < -0.3 is 24.4 Å². The molecule has 1 N–H and O–H groups in total. The Morgan fingerprint density at radius 1 is 1.23 bits per heavy atom. The lowest BCUT2D eigenvalue weighted by Gasteiger charge is -2.73. The summed E-state index contributed by atoms with van der Waals surface area (Å²) in [5.41, 5.74) is 2.42. The average Bonchev–Trinajstić information content (AvgIpc) is 3.34. The number of nitrogens with zero attached hydrogens (tertiary/aromatic N) is 2. The van der Waals surface area contributed by atoms with Crippen LogP contribution in [-0.2, 0) is 21.4 Å². The van der Waals surface area contributed by atoms with Crippen molar-refractivity contribution in [1.29, 1.82) is 0 Å². The summed E-state index contributed by atoms with van der Waals surface area (Å²) < 4.78 is 19.3. The van der Waals surface area contributed by atoms with Crippen LogP contribution in [0.1, 0.15) is 42.4 Å². The van der Waals surface area contributed by atoms with E-state index in [2.05, 4.69) is 23.3 Å². The zero-order chi connectivity index (χ0) is 27.9. The van der Waals surface area contributed by atoms with Gasteiger partial charge in [0.25, 0.3) is 5.69 Å². The third-order valence-electron chi connectivity index (χ3n) is 11.0. The smallest absolute Gasteiger partial charge is 0.276 e. The average molecular weight is 546 g/mol. The van der Waals surface area contributed by atoms with Crippen molar-refractivity contribution >= 4 is 17.7 Å². The van der Waals surface area contributed by atoms with E-state index in [9.17, 15) is 14.9 Å². The number of nitro groups is 1. The molecule has 1 saturated heterocycles. The number of benzene rings is 2. The molecule has 2 spiro atoms. The fourth-order valence-electron chi connectivity index (χ4n) is 9.46. The van der Waals surface area contributed by atoms with Gasteiger partial charge in [-0.15, -0.1) is 0 Å². The van der Waals surface area contributed by atoms with Crippen LogP contribution in [0.15, 0.2) is 42.5 Å². The Morgan fingerprint density at radius 2 is 2.05 bits per heavy atom. The van der Waals surface area contributed by atoms with Gasteiger partial charge >= 0.3 is 0 Å². The molecule has 6 unspecified atom stereocenters. The fraction of sp³-hybridized carbons (Fsp3) is 0.516. The highest BCUT2D eigenvalue weighted by atomic mass is 16.6. The summed E-state index contributed by atoms with van der Waals surface area (Å²) in [7, 11) is 5.75. The fourth-order valence-corrected chi connectivity index (χ4v) is 9.46. The number of ether oxygens (including phenoxy) is 3. The highest BCUT2D eigenvalue weighted by Gasteiger charge is 2.80. The van der Waals surface area contributed by atoms with E-state index in [0.29, 0.717) is 18.2 Å². The molecule has 210 valence electrons. The third kappa shape index (κ3) is 3.07. The monoisotopic (exact) mass is 545 g/mol. The quantitative estimate of drug-likeness (QED) is 0.320. The van der Waals surface area contributed by atoms with Gasteiger partial charge in [0, 0.05) is 54.2 Å². The second kappa shape index (κ2) is 8.78. The van der Waals surface area contributed by atoms with Gasteiger partial charge in [0.15, 0.2) is 11.5 Å². The lowest BCUT2D eigenvalue weighted by molar-refractivity contribution is -0.385. The largest absolute Gasteiger partial charge is 0.493 e. The molecule has 4 fully saturated rings. The Balaban J connectivity index is 1.22. The molecule has 2 aromatic rings. The summed E-state index contributed by atoms with van der Waals surface area (Å²) in [4.78, 5) is 26.4. The molecule has 8 rings (SSSR count). The Morgan fingerprint density at radius 3 is 2.83 bits per heavy atom. The number of likely N-dealkylation sites (tertiary alicyclic amines) is 1. The Bertz CT molecular complexity index is 1440. The summed E-state index contributed by atoms with van der Waals surface area (Å²) in [5.74, 6) is 1.45. The summed E-state index contributed by atoms with van der Waals surface area (Å²) in [6, 6.07) is 11.1. The maximum atomic E-state index is 13.0. The van der Waals surface area contributed by atoms with Crippen molar-refractivity contribution in [2.24, 2.45) is 11.3 Å². The van der Waals surface area contributed by atoms with Gasteiger partial charge in [0.2, 0.25) is 5.91 Å². The minimum atomic E-state index is -0.546. The standard InChI is InChI=1S/C31H35N3O6/c1-33-15-14-30-26-20-8-10-23(38-2)27(26)40-28(30)31(39-3)13-12-29(30,24(33)16-20)17-21(31)18-32-25(35)11-9-19-6-4-5-7-22(19)34(36)37/h4-11,21,24,28H,12-18H2,1-3H3,(H,32,35). The number of rotatable bonds is 7. The van der Waals surface area contributed by atoms with Gasteiger partial charge in [-0.3, -0.25) is 14.9 Å². The van der Waals surface area contributed by atoms with Gasteiger partial charge in [0.05, 0.1) is 17.6 Å². The first-order chi connectivity index (χ1) is 19.3. The van der Waals surface area contributed by atoms with E-state index in [1.165, 1.54) is 29.3 Å². The maximum Gasteiger partial charge on any atom is 0.276 e. The molecule has 0 radical (unpaired) electrons. The Hall–Kier alpha value is -3.43. The lowest BCUT2D eigenvalue weighted by Crippen LogP contribution is -2.81. The predicted molar refractivity (Wildman–Crippen MR) is 148 cm³/mol. The third-order valence-corrected chi connectivity index (χ3v) is 11.0. The van der Waals surface area contributed by atoms with Crippen molar-refractivity contribution in [3.63, 3.8) is 0 Å². The summed E-state index contributed by atoms with van der Waals surface area (Å²) in [6.45, 7) is 1.46. The number of methoxy groups -OCH3 is 2. The second-order valence-corrected chi connectivity index (χ2v) is 12.2. The van der Waals surface area contributed by atoms with Crippen LogP contribution in [0.5, 0.6) is 11.5 Å². The number of nitrogens with one attached hydrogen (secondary N) is 1. The minimum Gasteiger partial charge on any atom is -0.493 e. The normalized spacial score (nSPS) is 34.8. The molecule has 6 atom stereocenters. The molecule has 2 heterocycles. The van der Waals surface area contributed by atoms with E-state index in [-0.39, 0.29) is 34.4 Å². The second-order valence-electron chi connectivity index (χ2n) is 12.2. The van der Waals surface area contributed by atoms with Crippen LogP contribution in [0.2, 0.25) is 0 Å². The first-order valence-corrected chi connectivity index (χ1v) is 14.1. The van der Waals surface area contributed by atoms with Crippen molar-refractivity contribution in [3.05, 3.63) is 69.3 Å². The van der Waals surface area contributed by atoms with E-state index in [1.807, 2.05) is 6.07 Å². The van der Waals surface area contributed by atoms with E-state index in [1.54, 1.807) is 32.4 Å². The first kappa shape index (κ1) is 25.5. The van der Waals surface area contributed by atoms with Crippen LogP contribution in [-0.4, -0.2) is 67.8 Å². The molecular formula is C31H35N3O6. The van der Waals surface area contributed by atoms with Crippen molar-refractivity contribution in [3.8, 4) is 11.5 Å². The molecular weight excluding hydrogens is 510 g/mol. The number of likely N-dealkylation sites (N-methyl/N-ethyl adjacent to an activating group) is 1. The summed E-state index contributed by atoms with van der Waals surface area (Å²) >= 11 is 0. The van der Waals surface area contributed by atoms with Crippen molar-refractivity contribution < 1.29 is 23.9 Å². The number of fused-ring (bicyclic) bond motifs is 2. The minimum absolute atomic E-state index is 0.0193. The van der Waals surface area contributed by atoms with Crippen LogP contribution in [0.25, 0.3) is 6.08 Å². The Kier molecular flexibility index (Phi) is 5.61. The number of amides is 1. The molecule has 2 aromatic carbocycles. The van der Waals surface area contributed by atoms with Gasteiger partial charge in [-0.1, -0.05) is 18.2 Å². The van der Waals surface area contributed by atoms with Crippen LogP contribution < -0.4 is 14.8 Å². The van der Waals surface area contributed by atoms with Crippen molar-refractivity contribution in [2.75, 3.05) is 34.4 Å². The van der Waals surface area contributed by atoms with Crippen molar-refractivity contribution in [2.45, 2.75) is 55.3 Å². The van der Waals surface area contributed by atoms with E-state index in [4.69, 9.17) is 14.2 Å². The number of carbonyl (C=O) groups is 1. The molecule has 4 bridgehead atoms. The molecule has 6 aliphatic rings. The van der Waals surface area contributed by atoms with Crippen LogP contribution in [0.3, 0.4) is 0 Å². The first-order valence-electron chi connectivity index (χ1n) is 14.1. The zero-order valence-corrected chi connectivity index (χ0v) is 23.1. The molecule has 2 aliphatic heterocycles. The van der Waals surface area contributed by atoms with E-state index < -0.39 is 10.5 Å². The highest BCUT2D eigenvalue weighted by molar-refractivity contribution is 5.92. The number of para-hydroxylation sites is 1. The van der Waals surface area contributed by atoms with E-state index >= 15 is 0 Å². The molecule has 9 heteroatoms. The Labute approximate surface area is 233 Å². The molecule has 0 aromatic heterocycles. The van der Waals surface area contributed by atoms with Crippen LogP contribution in [0, 0.1) is 21.4 Å². The molecule has 3 saturated carbocycles. The van der Waals surface area contributed by atoms with Crippen LogP contribution in [0.4, 0.5) is 5.69 Å². The lowest BCUT2D eigenvalue weighted by atomic mass is 9.35. The number of hydrogen-bond donors (Lipinski definition) is 1. The molecule has 4 aliphatic carbocycles. The molecule has 40 heavy (non-hydrogen) atoms. The van der Waals surface area contributed by atoms with Crippen LogP contribution >= 0.6 is 0 Å². The summed E-state index contributed by atoms with van der Waals surface area (Å²) in [6.07, 6.45) is 7.61. The highest BCUT2D eigenvalue weighted by Crippen LogP contribution is 2.76. The van der Waals surface area contributed by atoms with Gasteiger partial charge in [0.1, 0.15) is 11.7 Å². The number of hydrogen-bond acceptors (Lipinski definition) is 7. The van der Waals surface area contributed by atoms with Crippen molar-refractivity contribution in [1.82, 2.24) is 10.2 Å². The maximum absolute atomic E-state index is 13.0.